The maximum atomic E-state index is 11.9. The quantitative estimate of drug-likeness (QED) is 0.867. The molecule has 0 aliphatic heterocycles. The molecule has 18 heavy (non-hydrogen) atoms. The summed E-state index contributed by atoms with van der Waals surface area (Å²) >= 11 is 0. The molecule has 0 spiro atoms. The van der Waals surface area contributed by atoms with Crippen molar-refractivity contribution in [3.63, 3.8) is 0 Å². The van der Waals surface area contributed by atoms with E-state index in [-0.39, 0.29) is 5.91 Å². The minimum absolute atomic E-state index is 0.0372. The molecule has 1 unspecified atom stereocenters. The van der Waals surface area contributed by atoms with Crippen molar-refractivity contribution in [2.24, 2.45) is 5.92 Å². The first-order valence-corrected chi connectivity index (χ1v) is 6.48. The van der Waals surface area contributed by atoms with Crippen LogP contribution >= 0.6 is 0 Å². The Balaban J connectivity index is 2.73. The van der Waals surface area contributed by atoms with Crippen LogP contribution in [0.15, 0.2) is 24.3 Å². The van der Waals surface area contributed by atoms with Crippen LogP contribution in [0.5, 0.6) is 0 Å². The van der Waals surface area contributed by atoms with Gasteiger partial charge in [-0.05, 0) is 37.5 Å². The summed E-state index contributed by atoms with van der Waals surface area (Å²) in [6, 6.07) is 8.10. The predicted molar refractivity (Wildman–Crippen MR) is 77.0 cm³/mol. The number of anilines is 1. The van der Waals surface area contributed by atoms with Crippen molar-refractivity contribution in [1.82, 2.24) is 4.90 Å². The molecule has 0 heterocycles. The molecule has 1 amide bonds. The zero-order valence-corrected chi connectivity index (χ0v) is 12.0. The van der Waals surface area contributed by atoms with Crippen molar-refractivity contribution in [2.45, 2.75) is 33.2 Å². The van der Waals surface area contributed by atoms with Gasteiger partial charge in [0.1, 0.15) is 0 Å². The van der Waals surface area contributed by atoms with Gasteiger partial charge in [-0.3, -0.25) is 4.79 Å². The van der Waals surface area contributed by atoms with Crippen LogP contribution < -0.4 is 5.32 Å². The van der Waals surface area contributed by atoms with Gasteiger partial charge in [-0.15, -0.1) is 0 Å². The number of carbonyl (C=O) groups excluding carboxylic acids is 1. The lowest BCUT2D eigenvalue weighted by Gasteiger charge is -2.18. The van der Waals surface area contributed by atoms with E-state index in [1.165, 1.54) is 0 Å². The van der Waals surface area contributed by atoms with Gasteiger partial charge in [-0.2, -0.15) is 0 Å². The van der Waals surface area contributed by atoms with E-state index in [2.05, 4.69) is 26.1 Å². The van der Waals surface area contributed by atoms with Gasteiger partial charge in [0.2, 0.25) is 0 Å². The number of rotatable bonds is 5. The molecule has 1 atom stereocenters. The van der Waals surface area contributed by atoms with Crippen LogP contribution in [-0.2, 0) is 0 Å². The maximum absolute atomic E-state index is 11.9. The topological polar surface area (TPSA) is 32.3 Å². The Morgan fingerprint density at radius 1 is 1.28 bits per heavy atom. The van der Waals surface area contributed by atoms with Crippen LogP contribution in [0.3, 0.4) is 0 Å². The van der Waals surface area contributed by atoms with Crippen LogP contribution in [-0.4, -0.2) is 30.9 Å². The summed E-state index contributed by atoms with van der Waals surface area (Å²) in [4.78, 5) is 13.5. The van der Waals surface area contributed by atoms with E-state index in [0.717, 1.165) is 17.7 Å². The van der Waals surface area contributed by atoms with Crippen molar-refractivity contribution < 1.29 is 4.79 Å². The molecule has 0 saturated heterocycles. The number of hydrogen-bond acceptors (Lipinski definition) is 2. The fraction of sp³-hybridized carbons (Fsp3) is 0.533. The highest BCUT2D eigenvalue weighted by Gasteiger charge is 2.09. The lowest BCUT2D eigenvalue weighted by atomic mass is 10.0. The SMILES string of the molecule is CC(C)CC(C)Nc1cccc(C(=O)N(C)C)c1. The monoisotopic (exact) mass is 248 g/mol. The third-order valence-corrected chi connectivity index (χ3v) is 2.75. The number of hydrogen-bond donors (Lipinski definition) is 1. The molecular formula is C15H24N2O. The van der Waals surface area contributed by atoms with Gasteiger partial charge < -0.3 is 10.2 Å². The average molecular weight is 248 g/mol. The van der Waals surface area contributed by atoms with E-state index < -0.39 is 0 Å². The van der Waals surface area contributed by atoms with E-state index in [0.29, 0.717) is 12.0 Å². The smallest absolute Gasteiger partial charge is 0.253 e. The number of nitrogens with one attached hydrogen (secondary N) is 1. The van der Waals surface area contributed by atoms with Gasteiger partial charge in [0.15, 0.2) is 0 Å². The summed E-state index contributed by atoms with van der Waals surface area (Å²) in [5.41, 5.74) is 1.73. The van der Waals surface area contributed by atoms with Crippen molar-refractivity contribution in [3.05, 3.63) is 29.8 Å². The lowest BCUT2D eigenvalue weighted by Crippen LogP contribution is -2.22. The molecule has 0 aliphatic rings. The molecule has 0 aliphatic carbocycles. The van der Waals surface area contributed by atoms with E-state index in [1.54, 1.807) is 19.0 Å². The van der Waals surface area contributed by atoms with Crippen molar-refractivity contribution in [3.8, 4) is 0 Å². The van der Waals surface area contributed by atoms with Crippen LogP contribution in [0, 0.1) is 5.92 Å². The number of benzene rings is 1. The summed E-state index contributed by atoms with van der Waals surface area (Å²) < 4.78 is 0. The summed E-state index contributed by atoms with van der Waals surface area (Å²) in [5.74, 6) is 0.703. The number of nitrogens with zero attached hydrogens (tertiary/aromatic N) is 1. The zero-order valence-electron chi connectivity index (χ0n) is 12.0. The second kappa shape index (κ2) is 6.43. The summed E-state index contributed by atoms with van der Waals surface area (Å²) in [6.45, 7) is 6.59. The highest BCUT2D eigenvalue weighted by Crippen LogP contribution is 2.15. The largest absolute Gasteiger partial charge is 0.383 e. The molecular weight excluding hydrogens is 224 g/mol. The minimum Gasteiger partial charge on any atom is -0.383 e. The van der Waals surface area contributed by atoms with Gasteiger partial charge in [0, 0.05) is 31.4 Å². The fourth-order valence-corrected chi connectivity index (χ4v) is 2.05. The van der Waals surface area contributed by atoms with Gasteiger partial charge in [0.25, 0.3) is 5.91 Å². The van der Waals surface area contributed by atoms with Gasteiger partial charge in [-0.1, -0.05) is 19.9 Å². The first-order valence-electron chi connectivity index (χ1n) is 6.48. The van der Waals surface area contributed by atoms with E-state index in [1.807, 2.05) is 24.3 Å². The summed E-state index contributed by atoms with van der Waals surface area (Å²) in [5, 5.41) is 3.44. The number of carbonyl (C=O) groups is 1. The minimum atomic E-state index is 0.0372. The molecule has 0 saturated carbocycles. The molecule has 3 nitrogen and oxygen atoms in total. The molecule has 100 valence electrons. The Labute approximate surface area is 110 Å². The van der Waals surface area contributed by atoms with Gasteiger partial charge >= 0.3 is 0 Å². The van der Waals surface area contributed by atoms with Crippen molar-refractivity contribution >= 4 is 11.6 Å². The molecule has 1 rings (SSSR count). The fourth-order valence-electron chi connectivity index (χ4n) is 2.05. The third kappa shape index (κ3) is 4.40. The molecule has 0 bridgehead atoms. The standard InChI is InChI=1S/C15H24N2O/c1-11(2)9-12(3)16-14-8-6-7-13(10-14)15(18)17(4)5/h6-8,10-12,16H,9H2,1-5H3. The molecule has 1 N–H and O–H groups in total. The summed E-state index contributed by atoms with van der Waals surface area (Å²) in [6.07, 6.45) is 1.12. The molecule has 0 aromatic heterocycles. The average Bonchev–Trinajstić information content (AvgIpc) is 2.26. The van der Waals surface area contributed by atoms with Crippen LogP contribution in [0.4, 0.5) is 5.69 Å². The second-order valence-corrected chi connectivity index (χ2v) is 5.46. The summed E-state index contributed by atoms with van der Waals surface area (Å²) in [7, 11) is 3.54. The predicted octanol–water partition coefficient (Wildman–Crippen LogP) is 3.23. The Morgan fingerprint density at radius 2 is 1.94 bits per heavy atom. The van der Waals surface area contributed by atoms with E-state index in [4.69, 9.17) is 0 Å². The van der Waals surface area contributed by atoms with Crippen LogP contribution in [0.1, 0.15) is 37.6 Å². The van der Waals surface area contributed by atoms with Crippen molar-refractivity contribution in [1.29, 1.82) is 0 Å². The van der Waals surface area contributed by atoms with E-state index in [9.17, 15) is 4.79 Å². The van der Waals surface area contributed by atoms with Crippen LogP contribution in [0.2, 0.25) is 0 Å². The molecule has 1 aromatic carbocycles. The van der Waals surface area contributed by atoms with E-state index >= 15 is 0 Å². The Bertz CT molecular complexity index is 399. The van der Waals surface area contributed by atoms with Gasteiger partial charge in [0.05, 0.1) is 0 Å². The normalized spacial score (nSPS) is 12.3. The highest BCUT2D eigenvalue weighted by molar-refractivity contribution is 5.94. The Morgan fingerprint density at radius 3 is 2.50 bits per heavy atom. The zero-order chi connectivity index (χ0) is 13.7. The lowest BCUT2D eigenvalue weighted by molar-refractivity contribution is 0.0827. The Hall–Kier alpha value is -1.51. The third-order valence-electron chi connectivity index (χ3n) is 2.75. The van der Waals surface area contributed by atoms with Crippen molar-refractivity contribution in [2.75, 3.05) is 19.4 Å². The van der Waals surface area contributed by atoms with Gasteiger partial charge in [-0.25, -0.2) is 0 Å². The maximum Gasteiger partial charge on any atom is 0.253 e. The Kier molecular flexibility index (Phi) is 5.20. The first-order chi connectivity index (χ1) is 8.40. The molecule has 0 radical (unpaired) electrons. The van der Waals surface area contributed by atoms with Crippen LogP contribution in [0.25, 0.3) is 0 Å². The highest BCUT2D eigenvalue weighted by atomic mass is 16.2. The molecule has 1 aromatic rings. The molecule has 0 fully saturated rings. The second-order valence-electron chi connectivity index (χ2n) is 5.46. The number of amides is 1. The first kappa shape index (κ1) is 14.6. The molecule has 3 heteroatoms.